The zero-order chi connectivity index (χ0) is 21.9. The molecule has 2 heterocycles. The van der Waals surface area contributed by atoms with Crippen LogP contribution >= 0.6 is 0 Å². The van der Waals surface area contributed by atoms with Gasteiger partial charge in [-0.3, -0.25) is 4.79 Å². The fraction of sp³-hybridized carbons (Fsp3) is 0.222. The van der Waals surface area contributed by atoms with Crippen LogP contribution in [-0.4, -0.2) is 30.4 Å². The number of amides is 1. The van der Waals surface area contributed by atoms with Crippen molar-refractivity contribution < 1.29 is 9.53 Å². The molecule has 0 fully saturated rings. The lowest BCUT2D eigenvalue weighted by molar-refractivity contribution is -0.119. The van der Waals surface area contributed by atoms with E-state index in [4.69, 9.17) is 10.5 Å². The molecule has 1 atom stereocenters. The Kier molecular flexibility index (Phi) is 5.55. The van der Waals surface area contributed by atoms with E-state index in [1.807, 2.05) is 41.3 Å². The highest BCUT2D eigenvalue weighted by Crippen LogP contribution is 2.41. The van der Waals surface area contributed by atoms with Gasteiger partial charge in [0.25, 0.3) is 0 Å². The first kappa shape index (κ1) is 20.2. The van der Waals surface area contributed by atoms with E-state index in [2.05, 4.69) is 41.7 Å². The van der Waals surface area contributed by atoms with E-state index in [1.165, 1.54) is 16.7 Å². The molecule has 2 aromatic rings. The number of carbonyl (C=O) groups excluding carboxylic acids is 1. The van der Waals surface area contributed by atoms with Crippen LogP contribution in [-0.2, 0) is 11.4 Å². The van der Waals surface area contributed by atoms with Gasteiger partial charge < -0.3 is 20.7 Å². The quantitative estimate of drug-likeness (QED) is 0.697. The molecule has 1 amide bonds. The van der Waals surface area contributed by atoms with Crippen LogP contribution in [0.5, 0.6) is 5.75 Å². The molecule has 0 radical (unpaired) electrons. The molecule has 0 aromatic heterocycles. The maximum Gasteiger partial charge on any atom is 0.210 e. The van der Waals surface area contributed by atoms with E-state index in [0.717, 1.165) is 47.5 Å². The van der Waals surface area contributed by atoms with E-state index < -0.39 is 0 Å². The van der Waals surface area contributed by atoms with Crippen LogP contribution in [0.3, 0.4) is 0 Å². The molecule has 32 heavy (non-hydrogen) atoms. The number of hydrogen-bond donors (Lipinski definition) is 2. The molecule has 1 unspecified atom stereocenters. The summed E-state index contributed by atoms with van der Waals surface area (Å²) in [6.45, 7) is 1.93. The molecule has 3 N–H and O–H groups in total. The normalized spacial score (nSPS) is 19.8. The molecular weight excluding hydrogens is 398 g/mol. The number of allylic oxidation sites excluding steroid dienone is 3. The van der Waals surface area contributed by atoms with Gasteiger partial charge in [0.15, 0.2) is 0 Å². The summed E-state index contributed by atoms with van der Waals surface area (Å²) < 4.78 is 6.09. The summed E-state index contributed by atoms with van der Waals surface area (Å²) in [6.07, 6.45) is 10.7. The van der Waals surface area contributed by atoms with Gasteiger partial charge in [-0.1, -0.05) is 48.6 Å². The van der Waals surface area contributed by atoms with Crippen LogP contribution in [0.25, 0.3) is 5.57 Å². The highest BCUT2D eigenvalue weighted by Gasteiger charge is 2.34. The van der Waals surface area contributed by atoms with Crippen LogP contribution in [0.1, 0.15) is 24.0 Å². The minimum Gasteiger partial charge on any atom is -0.489 e. The second-order valence-electron chi connectivity index (χ2n) is 8.35. The molecule has 162 valence electrons. The van der Waals surface area contributed by atoms with Crippen LogP contribution in [0.4, 0.5) is 5.69 Å². The van der Waals surface area contributed by atoms with Gasteiger partial charge in [0, 0.05) is 36.5 Å². The molecule has 5 heteroatoms. The number of hydrogen-bond acceptors (Lipinski definition) is 4. The van der Waals surface area contributed by atoms with Crippen LogP contribution in [0.15, 0.2) is 89.7 Å². The summed E-state index contributed by atoms with van der Waals surface area (Å²) in [5, 5.41) is 3.55. The lowest BCUT2D eigenvalue weighted by Gasteiger charge is -2.40. The Morgan fingerprint density at radius 1 is 1.16 bits per heavy atom. The van der Waals surface area contributed by atoms with Gasteiger partial charge in [-0.15, -0.1) is 0 Å². The first-order chi connectivity index (χ1) is 15.7. The number of benzene rings is 2. The van der Waals surface area contributed by atoms with Gasteiger partial charge in [-0.2, -0.15) is 0 Å². The monoisotopic (exact) mass is 425 g/mol. The number of nitrogens with zero attached hydrogens (tertiary/aromatic N) is 1. The Morgan fingerprint density at radius 2 is 2.03 bits per heavy atom. The van der Waals surface area contributed by atoms with Crippen molar-refractivity contribution in [2.75, 3.05) is 18.4 Å². The Hall–Kier alpha value is -3.73. The van der Waals surface area contributed by atoms with E-state index in [-0.39, 0.29) is 6.04 Å². The van der Waals surface area contributed by atoms with Crippen molar-refractivity contribution >= 4 is 17.7 Å². The number of carbonyl (C=O) groups is 1. The number of nitrogens with one attached hydrogen (secondary N) is 1. The second kappa shape index (κ2) is 8.79. The maximum atomic E-state index is 11.9. The SMILES string of the molecule is NC1=CC=C(C2C3=C(CCN2C=O)c2cc(OCc4ccccc4)ccc2NC3)C=CC1. The molecule has 0 saturated heterocycles. The number of anilines is 1. The van der Waals surface area contributed by atoms with Gasteiger partial charge in [-0.25, -0.2) is 0 Å². The van der Waals surface area contributed by atoms with E-state index in [9.17, 15) is 4.79 Å². The van der Waals surface area contributed by atoms with E-state index in [1.54, 1.807) is 0 Å². The van der Waals surface area contributed by atoms with Crippen molar-refractivity contribution in [3.05, 3.63) is 101 Å². The Balaban J connectivity index is 1.49. The molecule has 5 nitrogen and oxygen atoms in total. The van der Waals surface area contributed by atoms with Crippen molar-refractivity contribution in [1.82, 2.24) is 4.90 Å². The third kappa shape index (κ3) is 3.94. The molecule has 2 aromatic carbocycles. The summed E-state index contributed by atoms with van der Waals surface area (Å²) >= 11 is 0. The Morgan fingerprint density at radius 3 is 2.88 bits per heavy atom. The number of nitrogens with two attached hydrogens (primary N) is 1. The molecular formula is C27H27N3O2. The molecule has 0 bridgehead atoms. The molecule has 0 saturated carbocycles. The Labute approximate surface area is 188 Å². The van der Waals surface area contributed by atoms with E-state index in [0.29, 0.717) is 19.7 Å². The van der Waals surface area contributed by atoms with E-state index >= 15 is 0 Å². The Bertz CT molecular complexity index is 1140. The van der Waals surface area contributed by atoms with Crippen molar-refractivity contribution in [2.24, 2.45) is 5.73 Å². The summed E-state index contributed by atoms with van der Waals surface area (Å²) in [5.41, 5.74) is 13.9. The molecule has 1 aliphatic carbocycles. The maximum absolute atomic E-state index is 11.9. The smallest absolute Gasteiger partial charge is 0.210 e. The largest absolute Gasteiger partial charge is 0.489 e. The first-order valence-electron chi connectivity index (χ1n) is 11.0. The molecule has 5 rings (SSSR count). The molecule has 2 aliphatic heterocycles. The van der Waals surface area contributed by atoms with Crippen LogP contribution in [0, 0.1) is 0 Å². The van der Waals surface area contributed by atoms with Crippen molar-refractivity contribution in [3.63, 3.8) is 0 Å². The standard InChI is InChI=1S/C27H27N3O2/c28-21-8-4-7-20(9-10-21)27-25-16-29-26-12-11-22(32-17-19-5-2-1-3-6-19)15-24(26)23(25)13-14-30(27)18-31/h1-7,9-12,15,18,27,29H,8,13-14,16-17,28H2. The first-order valence-corrected chi connectivity index (χ1v) is 11.0. The number of ether oxygens (including phenoxy) is 1. The average Bonchev–Trinajstić information content (AvgIpc) is 3.06. The van der Waals surface area contributed by atoms with Crippen molar-refractivity contribution in [1.29, 1.82) is 0 Å². The third-order valence-corrected chi connectivity index (χ3v) is 6.31. The summed E-state index contributed by atoms with van der Waals surface area (Å²) in [6, 6.07) is 16.3. The lowest BCUT2D eigenvalue weighted by Crippen LogP contribution is -2.44. The topological polar surface area (TPSA) is 67.6 Å². The summed E-state index contributed by atoms with van der Waals surface area (Å²) in [5.74, 6) is 0.849. The van der Waals surface area contributed by atoms with Gasteiger partial charge in [0.05, 0.1) is 6.04 Å². The van der Waals surface area contributed by atoms with Crippen molar-refractivity contribution in [3.8, 4) is 5.75 Å². The molecule has 0 spiro atoms. The summed E-state index contributed by atoms with van der Waals surface area (Å²) in [7, 11) is 0. The number of fused-ring (bicyclic) bond motifs is 2. The predicted octanol–water partition coefficient (Wildman–Crippen LogP) is 4.40. The fourth-order valence-corrected chi connectivity index (χ4v) is 4.70. The highest BCUT2D eigenvalue weighted by atomic mass is 16.5. The minimum atomic E-state index is -0.0933. The highest BCUT2D eigenvalue weighted by molar-refractivity contribution is 5.85. The van der Waals surface area contributed by atoms with Gasteiger partial charge in [0.2, 0.25) is 6.41 Å². The van der Waals surface area contributed by atoms with Crippen molar-refractivity contribution in [2.45, 2.75) is 25.5 Å². The molecule has 3 aliphatic rings. The average molecular weight is 426 g/mol. The van der Waals surface area contributed by atoms with Crippen LogP contribution < -0.4 is 15.8 Å². The van der Waals surface area contributed by atoms with Gasteiger partial charge >= 0.3 is 0 Å². The van der Waals surface area contributed by atoms with Gasteiger partial charge in [-0.05, 0) is 53.0 Å². The minimum absolute atomic E-state index is 0.0933. The zero-order valence-electron chi connectivity index (χ0n) is 18.0. The van der Waals surface area contributed by atoms with Gasteiger partial charge in [0.1, 0.15) is 12.4 Å². The van der Waals surface area contributed by atoms with Crippen LogP contribution in [0.2, 0.25) is 0 Å². The zero-order valence-corrected chi connectivity index (χ0v) is 18.0. The third-order valence-electron chi connectivity index (χ3n) is 6.31. The summed E-state index contributed by atoms with van der Waals surface area (Å²) in [4.78, 5) is 13.8. The second-order valence-corrected chi connectivity index (χ2v) is 8.35. The predicted molar refractivity (Wildman–Crippen MR) is 128 cm³/mol. The number of rotatable bonds is 5. The fourth-order valence-electron chi connectivity index (χ4n) is 4.70. The lowest BCUT2D eigenvalue weighted by atomic mass is 9.82.